The van der Waals surface area contributed by atoms with Gasteiger partial charge in [0.05, 0.1) is 25.9 Å². The maximum absolute atomic E-state index is 13.9. The summed E-state index contributed by atoms with van der Waals surface area (Å²) in [6, 6.07) is 13.6. The van der Waals surface area contributed by atoms with Crippen LogP contribution in [-0.4, -0.2) is 43.3 Å². The molecule has 2 heterocycles. The normalized spacial score (nSPS) is 25.2. The topological polar surface area (TPSA) is 90.9 Å². The van der Waals surface area contributed by atoms with Gasteiger partial charge < -0.3 is 14.2 Å². The molecule has 7 nitrogen and oxygen atoms in total. The molecule has 0 bridgehead atoms. The molecule has 2 aliphatic rings. The van der Waals surface area contributed by atoms with Crippen molar-refractivity contribution in [1.29, 1.82) is 0 Å². The summed E-state index contributed by atoms with van der Waals surface area (Å²) in [6.07, 6.45) is 0.288. The third-order valence-electron chi connectivity index (χ3n) is 6.51. The highest BCUT2D eigenvalue weighted by atomic mass is 79.9. The van der Waals surface area contributed by atoms with E-state index in [4.69, 9.17) is 14.2 Å². The Hall–Kier alpha value is -2.23. The number of halogens is 2. The van der Waals surface area contributed by atoms with Crippen molar-refractivity contribution in [3.05, 3.63) is 68.6 Å². The standard InChI is InChI=1S/C25H25Br2NO6/c1-3-32-22(30)25(23(31)33-4-2)19(16-6-5-7-18(27)14-16)24(12-13-34-21(24)29)28-20(25)15-8-10-17(26)11-9-15/h5-11,14,19-20,28H,3-4,12-13H2,1-2H3/t19?,20-,24-/m1/s1. The van der Waals surface area contributed by atoms with Crippen molar-refractivity contribution in [1.82, 2.24) is 5.32 Å². The van der Waals surface area contributed by atoms with Crippen molar-refractivity contribution in [3.63, 3.8) is 0 Å². The number of cyclic esters (lactones) is 1. The van der Waals surface area contributed by atoms with Crippen LogP contribution >= 0.6 is 31.9 Å². The third-order valence-corrected chi connectivity index (χ3v) is 7.53. The van der Waals surface area contributed by atoms with Gasteiger partial charge in [-0.15, -0.1) is 0 Å². The smallest absolute Gasteiger partial charge is 0.327 e. The van der Waals surface area contributed by atoms with Crippen LogP contribution in [0.5, 0.6) is 0 Å². The first-order valence-corrected chi connectivity index (χ1v) is 12.7. The van der Waals surface area contributed by atoms with Crippen molar-refractivity contribution < 1.29 is 28.6 Å². The zero-order valence-corrected chi connectivity index (χ0v) is 22.0. The van der Waals surface area contributed by atoms with Gasteiger partial charge in [0.25, 0.3) is 0 Å². The van der Waals surface area contributed by atoms with Gasteiger partial charge in [0.15, 0.2) is 5.41 Å². The number of carbonyl (C=O) groups is 3. The molecule has 180 valence electrons. The van der Waals surface area contributed by atoms with Gasteiger partial charge in [0.1, 0.15) is 5.54 Å². The largest absolute Gasteiger partial charge is 0.465 e. The lowest BCUT2D eigenvalue weighted by Gasteiger charge is -2.37. The first-order valence-electron chi connectivity index (χ1n) is 11.1. The van der Waals surface area contributed by atoms with Crippen LogP contribution in [0.15, 0.2) is 57.5 Å². The highest BCUT2D eigenvalue weighted by molar-refractivity contribution is 9.10. The second-order valence-electron chi connectivity index (χ2n) is 8.28. The molecule has 2 aromatic carbocycles. The van der Waals surface area contributed by atoms with Gasteiger partial charge >= 0.3 is 17.9 Å². The molecule has 2 fully saturated rings. The van der Waals surface area contributed by atoms with Crippen molar-refractivity contribution in [3.8, 4) is 0 Å². The Kier molecular flexibility index (Phi) is 7.17. The third kappa shape index (κ3) is 3.87. The number of nitrogens with one attached hydrogen (secondary N) is 1. The molecule has 34 heavy (non-hydrogen) atoms. The lowest BCUT2D eigenvalue weighted by Crippen LogP contribution is -2.52. The van der Waals surface area contributed by atoms with Crippen LogP contribution < -0.4 is 5.32 Å². The zero-order valence-electron chi connectivity index (χ0n) is 18.8. The first-order chi connectivity index (χ1) is 16.3. The highest BCUT2D eigenvalue weighted by Crippen LogP contribution is 2.61. The minimum absolute atomic E-state index is 0.0652. The molecule has 1 unspecified atom stereocenters. The summed E-state index contributed by atoms with van der Waals surface area (Å²) in [5, 5.41) is 3.38. The van der Waals surface area contributed by atoms with Gasteiger partial charge in [-0.05, 0) is 49.2 Å². The lowest BCUT2D eigenvalue weighted by atomic mass is 9.62. The molecule has 4 rings (SSSR count). The van der Waals surface area contributed by atoms with Crippen LogP contribution in [0.2, 0.25) is 0 Å². The van der Waals surface area contributed by atoms with E-state index >= 15 is 0 Å². The molecule has 9 heteroatoms. The van der Waals surface area contributed by atoms with E-state index in [0.29, 0.717) is 11.1 Å². The fourth-order valence-corrected chi connectivity index (χ4v) is 5.91. The molecule has 2 aromatic rings. The Morgan fingerprint density at radius 1 is 1.00 bits per heavy atom. The molecule has 0 amide bonds. The molecule has 1 spiro atoms. The second-order valence-corrected chi connectivity index (χ2v) is 10.1. The summed E-state index contributed by atoms with van der Waals surface area (Å²) >= 11 is 6.92. The fraction of sp³-hybridized carbons (Fsp3) is 0.400. The number of benzene rings is 2. The van der Waals surface area contributed by atoms with Crippen LogP contribution in [0, 0.1) is 5.41 Å². The summed E-state index contributed by atoms with van der Waals surface area (Å²) < 4.78 is 18.1. The summed E-state index contributed by atoms with van der Waals surface area (Å²) in [7, 11) is 0. The van der Waals surface area contributed by atoms with E-state index in [1.807, 2.05) is 42.5 Å². The zero-order chi connectivity index (χ0) is 24.5. The van der Waals surface area contributed by atoms with Crippen molar-refractivity contribution in [2.45, 2.75) is 37.8 Å². The molecule has 2 saturated heterocycles. The Labute approximate surface area is 214 Å². The minimum Gasteiger partial charge on any atom is -0.465 e. The van der Waals surface area contributed by atoms with Crippen LogP contribution in [0.4, 0.5) is 0 Å². The van der Waals surface area contributed by atoms with E-state index in [9.17, 15) is 14.4 Å². The predicted molar refractivity (Wildman–Crippen MR) is 131 cm³/mol. The van der Waals surface area contributed by atoms with Gasteiger partial charge in [-0.25, -0.2) is 0 Å². The van der Waals surface area contributed by atoms with E-state index in [1.165, 1.54) is 0 Å². The van der Waals surface area contributed by atoms with Gasteiger partial charge in [0.2, 0.25) is 0 Å². The Balaban J connectivity index is 2.06. The highest BCUT2D eigenvalue weighted by Gasteiger charge is 2.75. The fourth-order valence-electron chi connectivity index (χ4n) is 5.23. The van der Waals surface area contributed by atoms with E-state index in [0.717, 1.165) is 8.95 Å². The Bertz CT molecular complexity index is 1090. The molecule has 2 aliphatic heterocycles. The quantitative estimate of drug-likeness (QED) is 0.300. The summed E-state index contributed by atoms with van der Waals surface area (Å²) in [5.74, 6) is -2.92. The molecule has 0 aromatic heterocycles. The number of carbonyl (C=O) groups excluding carboxylic acids is 3. The van der Waals surface area contributed by atoms with Crippen LogP contribution in [0.25, 0.3) is 0 Å². The maximum atomic E-state index is 13.9. The van der Waals surface area contributed by atoms with Gasteiger partial charge in [-0.2, -0.15) is 0 Å². The number of hydrogen-bond donors (Lipinski definition) is 1. The predicted octanol–water partition coefficient (Wildman–Crippen LogP) is 4.44. The first kappa shape index (κ1) is 24.9. The Morgan fingerprint density at radius 3 is 2.18 bits per heavy atom. The number of ether oxygens (including phenoxy) is 3. The molecule has 1 N–H and O–H groups in total. The number of esters is 3. The van der Waals surface area contributed by atoms with E-state index < -0.39 is 40.8 Å². The van der Waals surface area contributed by atoms with Crippen molar-refractivity contribution >= 4 is 49.8 Å². The average Bonchev–Trinajstić information content (AvgIpc) is 3.33. The van der Waals surface area contributed by atoms with E-state index in [1.54, 1.807) is 19.9 Å². The van der Waals surface area contributed by atoms with Crippen LogP contribution in [0.3, 0.4) is 0 Å². The molecular weight excluding hydrogens is 570 g/mol. The summed E-state index contributed by atoms with van der Waals surface area (Å²) in [6.45, 7) is 3.67. The second kappa shape index (κ2) is 9.79. The number of rotatable bonds is 6. The lowest BCUT2D eigenvalue weighted by molar-refractivity contribution is -0.175. The van der Waals surface area contributed by atoms with Gasteiger partial charge in [-0.3, -0.25) is 19.7 Å². The van der Waals surface area contributed by atoms with Crippen LogP contribution in [-0.2, 0) is 28.6 Å². The van der Waals surface area contributed by atoms with Gasteiger partial charge in [0, 0.05) is 21.3 Å². The van der Waals surface area contributed by atoms with Gasteiger partial charge in [-0.1, -0.05) is 56.1 Å². The molecule has 0 saturated carbocycles. The molecule has 3 atom stereocenters. The van der Waals surface area contributed by atoms with E-state index in [-0.39, 0.29) is 26.2 Å². The maximum Gasteiger partial charge on any atom is 0.327 e. The molecule has 0 aliphatic carbocycles. The molecule has 0 radical (unpaired) electrons. The minimum atomic E-state index is -1.87. The summed E-state index contributed by atoms with van der Waals surface area (Å²) in [4.78, 5) is 41.2. The SMILES string of the molecule is CCOC(=O)C1(C(=O)OCC)C(c2cccc(Br)c2)[C@@]2(CCOC2=O)N[C@@H]1c1ccc(Br)cc1. The monoisotopic (exact) mass is 593 g/mol. The Morgan fingerprint density at radius 2 is 1.65 bits per heavy atom. The molecular formula is C25H25Br2NO6. The average molecular weight is 595 g/mol. The van der Waals surface area contributed by atoms with Crippen LogP contribution in [0.1, 0.15) is 43.4 Å². The van der Waals surface area contributed by atoms with Crippen molar-refractivity contribution in [2.24, 2.45) is 5.41 Å². The number of hydrogen-bond acceptors (Lipinski definition) is 7. The summed E-state index contributed by atoms with van der Waals surface area (Å²) in [5.41, 5.74) is -1.91. The van der Waals surface area contributed by atoms with E-state index in [2.05, 4.69) is 37.2 Å². The van der Waals surface area contributed by atoms with Crippen molar-refractivity contribution in [2.75, 3.05) is 19.8 Å².